The fourth-order valence-corrected chi connectivity index (χ4v) is 5.12. The predicted octanol–water partition coefficient (Wildman–Crippen LogP) is 7.35. The van der Waals surface area contributed by atoms with Crippen LogP contribution in [0.5, 0.6) is 0 Å². The molecule has 1 atom stereocenters. The molecule has 172 valence electrons. The summed E-state index contributed by atoms with van der Waals surface area (Å²) in [4.78, 5) is 2.37. The van der Waals surface area contributed by atoms with E-state index >= 15 is 0 Å². The average molecular weight is 443 g/mol. The van der Waals surface area contributed by atoms with E-state index < -0.39 is 17.2 Å². The quantitative estimate of drug-likeness (QED) is 0.406. The van der Waals surface area contributed by atoms with E-state index in [1.54, 1.807) is 12.1 Å². The first-order chi connectivity index (χ1) is 15.4. The number of hydrogen-bond donors (Lipinski definition) is 0. The lowest BCUT2D eigenvalue weighted by molar-refractivity contribution is -0.137. The second-order valence-electron chi connectivity index (χ2n) is 8.95. The van der Waals surface area contributed by atoms with Crippen molar-refractivity contribution in [1.29, 1.82) is 5.26 Å². The third-order valence-electron chi connectivity index (χ3n) is 6.97. The molecule has 2 aromatic rings. The van der Waals surface area contributed by atoms with Crippen LogP contribution in [-0.4, -0.2) is 18.0 Å². The zero-order valence-electron chi connectivity index (χ0n) is 18.9. The number of benzene rings is 2. The van der Waals surface area contributed by atoms with Gasteiger partial charge in [-0.1, -0.05) is 68.7 Å². The van der Waals surface area contributed by atoms with Gasteiger partial charge in [-0.3, -0.25) is 4.90 Å². The van der Waals surface area contributed by atoms with Gasteiger partial charge in [0.1, 0.15) is 0 Å². The molecular weight excluding hydrogens is 409 g/mol. The molecule has 0 spiro atoms. The standard InChI is InChI=1S/C27H33F3N2/c1-2-32(20-22-10-5-3-6-11-22)19-9-18-26(21-31,23-12-7-4-8-13-23)24-14-16-25(17-15-24)27(28,29)30/h3,5-6,10-11,14-17,23H,2,4,7-9,12-13,18-20H2,1H3. The minimum Gasteiger partial charge on any atom is -0.299 e. The van der Waals surface area contributed by atoms with Gasteiger partial charge in [-0.15, -0.1) is 0 Å². The van der Waals surface area contributed by atoms with Gasteiger partial charge in [-0.25, -0.2) is 0 Å². The first kappa shape index (κ1) is 24.3. The van der Waals surface area contributed by atoms with E-state index in [2.05, 4.69) is 30.0 Å². The van der Waals surface area contributed by atoms with Crippen molar-refractivity contribution in [2.45, 2.75) is 70.0 Å². The van der Waals surface area contributed by atoms with E-state index in [1.807, 2.05) is 18.2 Å². The minimum absolute atomic E-state index is 0.196. The molecule has 0 aromatic heterocycles. The first-order valence-corrected chi connectivity index (χ1v) is 11.7. The third-order valence-corrected chi connectivity index (χ3v) is 6.97. The number of halogens is 3. The summed E-state index contributed by atoms with van der Waals surface area (Å²) in [6.07, 6.45) is 2.43. The summed E-state index contributed by atoms with van der Waals surface area (Å²) in [6.45, 7) is 4.78. The van der Waals surface area contributed by atoms with Gasteiger partial charge in [0.15, 0.2) is 0 Å². The molecule has 0 amide bonds. The molecule has 5 heteroatoms. The smallest absolute Gasteiger partial charge is 0.299 e. The summed E-state index contributed by atoms with van der Waals surface area (Å²) in [5.41, 5.74) is 0.621. The molecule has 3 rings (SSSR count). The molecule has 2 aromatic carbocycles. The highest BCUT2D eigenvalue weighted by atomic mass is 19.4. The van der Waals surface area contributed by atoms with Crippen molar-refractivity contribution in [3.63, 3.8) is 0 Å². The Hall–Kier alpha value is -2.32. The molecule has 1 saturated carbocycles. The van der Waals surface area contributed by atoms with Crippen molar-refractivity contribution < 1.29 is 13.2 Å². The van der Waals surface area contributed by atoms with Crippen LogP contribution in [-0.2, 0) is 18.1 Å². The van der Waals surface area contributed by atoms with E-state index in [4.69, 9.17) is 0 Å². The largest absolute Gasteiger partial charge is 0.416 e. The van der Waals surface area contributed by atoms with Crippen molar-refractivity contribution in [3.8, 4) is 6.07 Å². The van der Waals surface area contributed by atoms with Crippen LogP contribution in [0.2, 0.25) is 0 Å². The molecule has 32 heavy (non-hydrogen) atoms. The van der Waals surface area contributed by atoms with E-state index in [0.717, 1.165) is 69.4 Å². The Morgan fingerprint density at radius 3 is 2.12 bits per heavy atom. The fraction of sp³-hybridized carbons (Fsp3) is 0.519. The van der Waals surface area contributed by atoms with Gasteiger partial charge in [0, 0.05) is 6.54 Å². The Bertz CT molecular complexity index is 865. The lowest BCUT2D eigenvalue weighted by atomic mass is 9.63. The highest BCUT2D eigenvalue weighted by molar-refractivity contribution is 5.37. The third kappa shape index (κ3) is 5.92. The number of alkyl halides is 3. The lowest BCUT2D eigenvalue weighted by Crippen LogP contribution is -2.36. The maximum Gasteiger partial charge on any atom is 0.416 e. The zero-order valence-corrected chi connectivity index (χ0v) is 18.9. The van der Waals surface area contributed by atoms with Gasteiger partial charge < -0.3 is 0 Å². The van der Waals surface area contributed by atoms with Crippen LogP contribution in [0.4, 0.5) is 13.2 Å². The molecule has 1 aliphatic rings. The maximum absolute atomic E-state index is 13.1. The summed E-state index contributed by atoms with van der Waals surface area (Å²) in [5.74, 6) is 0.196. The number of hydrogen-bond acceptors (Lipinski definition) is 2. The highest BCUT2D eigenvalue weighted by Gasteiger charge is 2.41. The van der Waals surface area contributed by atoms with Crippen LogP contribution in [0.1, 0.15) is 68.6 Å². The van der Waals surface area contributed by atoms with Crippen molar-refractivity contribution in [1.82, 2.24) is 4.90 Å². The van der Waals surface area contributed by atoms with Gasteiger partial charge in [0.25, 0.3) is 0 Å². The van der Waals surface area contributed by atoms with Crippen molar-refractivity contribution in [2.24, 2.45) is 5.92 Å². The average Bonchev–Trinajstić information content (AvgIpc) is 2.82. The molecule has 0 radical (unpaired) electrons. The topological polar surface area (TPSA) is 27.0 Å². The van der Waals surface area contributed by atoms with Crippen LogP contribution < -0.4 is 0 Å². The van der Waals surface area contributed by atoms with Crippen molar-refractivity contribution in [2.75, 3.05) is 13.1 Å². The SMILES string of the molecule is CCN(CCCC(C#N)(c1ccc(C(F)(F)F)cc1)C1CCCCC1)Cc1ccccc1. The van der Waals surface area contributed by atoms with Crippen molar-refractivity contribution >= 4 is 0 Å². The van der Waals surface area contributed by atoms with E-state index in [-0.39, 0.29) is 5.92 Å². The molecule has 2 nitrogen and oxygen atoms in total. The Balaban J connectivity index is 1.77. The molecule has 1 unspecified atom stereocenters. The van der Waals surface area contributed by atoms with Crippen LogP contribution in [0.15, 0.2) is 54.6 Å². The predicted molar refractivity (Wildman–Crippen MR) is 122 cm³/mol. The second-order valence-corrected chi connectivity index (χ2v) is 8.95. The Morgan fingerprint density at radius 1 is 0.938 bits per heavy atom. The highest BCUT2D eigenvalue weighted by Crippen LogP contribution is 2.44. The van der Waals surface area contributed by atoms with Gasteiger partial charge in [-0.2, -0.15) is 18.4 Å². The summed E-state index contributed by atoms with van der Waals surface area (Å²) in [7, 11) is 0. The van der Waals surface area contributed by atoms with Crippen molar-refractivity contribution in [3.05, 3.63) is 71.3 Å². The van der Waals surface area contributed by atoms with Gasteiger partial charge >= 0.3 is 6.18 Å². The summed E-state index contributed by atoms with van der Waals surface area (Å²) in [5, 5.41) is 10.4. The van der Waals surface area contributed by atoms with Crippen LogP contribution in [0.3, 0.4) is 0 Å². The second kappa shape index (κ2) is 11.0. The van der Waals surface area contributed by atoms with Crippen LogP contribution in [0, 0.1) is 17.2 Å². The molecule has 0 bridgehead atoms. The molecular formula is C27H33F3N2. The fourth-order valence-electron chi connectivity index (χ4n) is 5.12. The van der Waals surface area contributed by atoms with E-state index in [9.17, 15) is 18.4 Å². The number of nitriles is 1. The lowest BCUT2D eigenvalue weighted by Gasteiger charge is -2.38. The molecule has 0 saturated heterocycles. The van der Waals surface area contributed by atoms with E-state index in [0.29, 0.717) is 6.42 Å². The molecule has 0 heterocycles. The van der Waals surface area contributed by atoms with Crippen LogP contribution >= 0.6 is 0 Å². The number of rotatable bonds is 9. The summed E-state index contributed by atoms with van der Waals surface area (Å²) in [6, 6.07) is 18.3. The Morgan fingerprint density at radius 2 is 1.56 bits per heavy atom. The monoisotopic (exact) mass is 442 g/mol. The van der Waals surface area contributed by atoms with E-state index in [1.165, 1.54) is 12.0 Å². The van der Waals surface area contributed by atoms with Gasteiger partial charge in [0.2, 0.25) is 0 Å². The van der Waals surface area contributed by atoms with Crippen LogP contribution in [0.25, 0.3) is 0 Å². The van der Waals surface area contributed by atoms with Gasteiger partial charge in [-0.05, 0) is 68.0 Å². The zero-order chi connectivity index (χ0) is 23.0. The molecule has 0 N–H and O–H groups in total. The summed E-state index contributed by atoms with van der Waals surface area (Å²) < 4.78 is 39.3. The first-order valence-electron chi connectivity index (χ1n) is 11.7. The Kier molecular flexibility index (Phi) is 8.37. The maximum atomic E-state index is 13.1. The molecule has 1 fully saturated rings. The summed E-state index contributed by atoms with van der Waals surface area (Å²) >= 11 is 0. The number of nitrogens with zero attached hydrogens (tertiary/aromatic N) is 2. The minimum atomic E-state index is -4.36. The Labute approximate surface area is 190 Å². The normalized spacial score (nSPS) is 17.1. The van der Waals surface area contributed by atoms with Gasteiger partial charge in [0.05, 0.1) is 17.0 Å². The molecule has 0 aliphatic heterocycles. The molecule has 1 aliphatic carbocycles.